The highest BCUT2D eigenvalue weighted by Gasteiger charge is 2.48. The number of aromatic nitrogens is 3. The summed E-state index contributed by atoms with van der Waals surface area (Å²) in [6.45, 7) is 9.40. The van der Waals surface area contributed by atoms with E-state index in [9.17, 15) is 13.7 Å². The maximum absolute atomic E-state index is 13.8. The molecule has 30 heavy (non-hydrogen) atoms. The molecule has 1 aromatic heterocycles. The predicted molar refractivity (Wildman–Crippen MR) is 111 cm³/mol. The molecule has 0 aliphatic heterocycles. The molecule has 0 fully saturated rings. The van der Waals surface area contributed by atoms with Crippen molar-refractivity contribution in [2.45, 2.75) is 41.5 Å². The smallest absolute Gasteiger partial charge is 0.305 e. The lowest BCUT2D eigenvalue weighted by atomic mass is 10.7. The van der Waals surface area contributed by atoms with Gasteiger partial charge in [-0.2, -0.15) is 0 Å². The van der Waals surface area contributed by atoms with Gasteiger partial charge in [-0.25, -0.2) is 0 Å². The molecular weight excluding hydrogens is 459 g/mol. The van der Waals surface area contributed by atoms with Gasteiger partial charge in [-0.15, -0.1) is 10.2 Å². The molecule has 0 aliphatic carbocycles. The highest BCUT2D eigenvalue weighted by molar-refractivity contribution is 7.72. The second-order valence-electron chi connectivity index (χ2n) is 5.28. The Morgan fingerprint density at radius 3 is 1.07 bits per heavy atom. The molecule has 0 N–H and O–H groups in total. The van der Waals surface area contributed by atoms with Gasteiger partial charge in [0.1, 0.15) is 5.30 Å². The van der Waals surface area contributed by atoms with Crippen molar-refractivity contribution < 1.29 is 40.8 Å². The minimum absolute atomic E-state index is 0.0157. The standard InChI is InChI=1S/C15H30N3O9P3/c1-7-22-28(19,23-8-2)13-14(29(20,24-9-3)25-10-4)16-18-17-15(13)30(21,26-11-5)27-12-6/h7-12H2,1-6H3. The number of nitrogens with zero attached hydrogens (tertiary/aromatic N) is 3. The third-order valence-corrected chi connectivity index (χ3v) is 9.87. The molecule has 0 spiro atoms. The van der Waals surface area contributed by atoms with Crippen molar-refractivity contribution in [1.82, 2.24) is 15.4 Å². The summed E-state index contributed by atoms with van der Waals surface area (Å²) in [6.07, 6.45) is 0. The van der Waals surface area contributed by atoms with Crippen LogP contribution >= 0.6 is 22.8 Å². The molecular formula is C15H30N3O9P3. The molecule has 0 saturated heterocycles. The van der Waals surface area contributed by atoms with Crippen LogP contribution in [0.5, 0.6) is 0 Å². The van der Waals surface area contributed by atoms with E-state index in [1.165, 1.54) is 0 Å². The average molecular weight is 489 g/mol. The topological polar surface area (TPSA) is 145 Å². The summed E-state index contributed by atoms with van der Waals surface area (Å²) < 4.78 is 72.9. The first kappa shape index (κ1) is 27.5. The van der Waals surface area contributed by atoms with Crippen LogP contribution in [0.1, 0.15) is 41.5 Å². The largest absolute Gasteiger partial charge is 0.382 e. The molecule has 0 aliphatic rings. The van der Waals surface area contributed by atoms with Crippen LogP contribution in [0.4, 0.5) is 0 Å². The van der Waals surface area contributed by atoms with Crippen LogP contribution in [0, 0.1) is 0 Å². The van der Waals surface area contributed by atoms with Gasteiger partial charge in [0.05, 0.1) is 39.6 Å². The number of hydrogen-bond donors (Lipinski definition) is 0. The van der Waals surface area contributed by atoms with Crippen LogP contribution in [0.25, 0.3) is 0 Å². The van der Waals surface area contributed by atoms with Crippen molar-refractivity contribution in [1.29, 1.82) is 0 Å². The summed E-state index contributed by atoms with van der Waals surface area (Å²) >= 11 is 0. The second kappa shape index (κ2) is 12.5. The first-order valence-corrected chi connectivity index (χ1v) is 14.3. The van der Waals surface area contributed by atoms with Gasteiger partial charge in [-0.1, -0.05) is 0 Å². The molecule has 0 amide bonds. The molecule has 12 nitrogen and oxygen atoms in total. The molecule has 0 atom stereocenters. The Morgan fingerprint density at radius 2 is 0.800 bits per heavy atom. The normalized spacial score (nSPS) is 13.0. The van der Waals surface area contributed by atoms with Crippen molar-refractivity contribution in [3.05, 3.63) is 0 Å². The van der Waals surface area contributed by atoms with Crippen molar-refractivity contribution in [2.24, 2.45) is 0 Å². The van der Waals surface area contributed by atoms with Gasteiger partial charge in [-0.05, 0) is 46.8 Å². The van der Waals surface area contributed by atoms with Gasteiger partial charge in [-0.3, -0.25) is 13.7 Å². The Bertz CT molecular complexity index is 746. The quantitative estimate of drug-likeness (QED) is 0.334. The van der Waals surface area contributed by atoms with Crippen molar-refractivity contribution in [3.63, 3.8) is 0 Å². The Labute approximate surface area is 176 Å². The van der Waals surface area contributed by atoms with Crippen molar-refractivity contribution in [2.75, 3.05) is 39.6 Å². The van der Waals surface area contributed by atoms with E-state index in [2.05, 4.69) is 15.4 Å². The lowest BCUT2D eigenvalue weighted by Gasteiger charge is -2.25. The molecule has 1 heterocycles. The summed E-state index contributed by atoms with van der Waals surface area (Å²) in [5.41, 5.74) is -0.942. The van der Waals surface area contributed by atoms with Gasteiger partial charge in [0, 0.05) is 0 Å². The first-order chi connectivity index (χ1) is 14.2. The summed E-state index contributed by atoms with van der Waals surface area (Å²) in [5, 5.41) is 10.6. The second-order valence-corrected chi connectivity index (χ2v) is 11.1. The Morgan fingerprint density at radius 1 is 0.533 bits per heavy atom. The monoisotopic (exact) mass is 489 g/mol. The van der Waals surface area contributed by atoms with Crippen LogP contribution in [0.2, 0.25) is 0 Å². The van der Waals surface area contributed by atoms with E-state index in [0.29, 0.717) is 0 Å². The Kier molecular flexibility index (Phi) is 11.4. The number of hydrogen-bond acceptors (Lipinski definition) is 12. The maximum Gasteiger partial charge on any atom is 0.382 e. The fourth-order valence-electron chi connectivity index (χ4n) is 2.42. The molecule has 174 valence electrons. The third kappa shape index (κ3) is 6.25. The lowest BCUT2D eigenvalue weighted by Crippen LogP contribution is -2.44. The van der Waals surface area contributed by atoms with E-state index in [0.717, 1.165) is 0 Å². The maximum atomic E-state index is 13.8. The van der Waals surface area contributed by atoms with E-state index in [4.69, 9.17) is 27.1 Å². The van der Waals surface area contributed by atoms with E-state index >= 15 is 0 Å². The zero-order valence-electron chi connectivity index (χ0n) is 18.1. The van der Waals surface area contributed by atoms with Crippen LogP contribution in [0.3, 0.4) is 0 Å². The minimum atomic E-state index is -4.26. The molecule has 0 bridgehead atoms. The SMILES string of the molecule is CCOP(=O)(OCC)c1nnnc(P(=O)(OCC)OCC)c1P(=O)(OCC)OCC. The number of rotatable bonds is 15. The summed E-state index contributed by atoms with van der Waals surface area (Å²) in [5.74, 6) is 0. The molecule has 0 radical (unpaired) electrons. The lowest BCUT2D eigenvalue weighted by molar-refractivity contribution is 0.223. The molecule has 0 saturated carbocycles. The fraction of sp³-hybridized carbons (Fsp3) is 0.800. The molecule has 15 heteroatoms. The van der Waals surface area contributed by atoms with Crippen LogP contribution in [0.15, 0.2) is 0 Å². The van der Waals surface area contributed by atoms with E-state index in [1.807, 2.05) is 0 Å². The highest BCUT2D eigenvalue weighted by atomic mass is 31.2. The molecule has 0 unspecified atom stereocenters. The van der Waals surface area contributed by atoms with Gasteiger partial charge in [0.15, 0.2) is 10.9 Å². The first-order valence-electron chi connectivity index (χ1n) is 9.64. The van der Waals surface area contributed by atoms with Gasteiger partial charge in [0.2, 0.25) is 0 Å². The van der Waals surface area contributed by atoms with E-state index in [1.54, 1.807) is 41.5 Å². The summed E-state index contributed by atoms with van der Waals surface area (Å²) in [7, 11) is -12.6. The Hall–Kier alpha value is -0.540. The van der Waals surface area contributed by atoms with Crippen LogP contribution in [-0.4, -0.2) is 55.1 Å². The average Bonchev–Trinajstić information content (AvgIpc) is 2.68. The third-order valence-electron chi connectivity index (χ3n) is 3.29. The highest BCUT2D eigenvalue weighted by Crippen LogP contribution is 2.55. The van der Waals surface area contributed by atoms with Gasteiger partial charge >= 0.3 is 22.8 Å². The van der Waals surface area contributed by atoms with E-state index in [-0.39, 0.29) is 39.6 Å². The predicted octanol–water partition coefficient (Wildman–Crippen LogP) is 2.55. The van der Waals surface area contributed by atoms with Gasteiger partial charge in [0.25, 0.3) is 0 Å². The van der Waals surface area contributed by atoms with Crippen LogP contribution in [-0.2, 0) is 40.8 Å². The summed E-state index contributed by atoms with van der Waals surface area (Å²) in [6, 6.07) is 0. The minimum Gasteiger partial charge on any atom is -0.305 e. The zero-order chi connectivity index (χ0) is 22.8. The van der Waals surface area contributed by atoms with E-state index < -0.39 is 39.0 Å². The molecule has 0 aromatic carbocycles. The molecule has 1 rings (SSSR count). The summed E-state index contributed by atoms with van der Waals surface area (Å²) in [4.78, 5) is 0. The molecule has 1 aromatic rings. The zero-order valence-corrected chi connectivity index (χ0v) is 20.8. The fourth-order valence-corrected chi connectivity index (χ4v) is 8.60. The van der Waals surface area contributed by atoms with Crippen molar-refractivity contribution >= 4 is 39.0 Å². The van der Waals surface area contributed by atoms with Gasteiger partial charge < -0.3 is 27.1 Å². The Balaban J connectivity index is 4.03. The van der Waals surface area contributed by atoms with Crippen molar-refractivity contribution in [3.8, 4) is 0 Å². The van der Waals surface area contributed by atoms with Crippen LogP contribution < -0.4 is 16.2 Å².